The van der Waals surface area contributed by atoms with Crippen molar-refractivity contribution in [1.82, 2.24) is 10.3 Å². The van der Waals surface area contributed by atoms with Gasteiger partial charge >= 0.3 is 5.97 Å². The summed E-state index contributed by atoms with van der Waals surface area (Å²) in [7, 11) is 1.67. The maximum absolute atomic E-state index is 13.6. The summed E-state index contributed by atoms with van der Waals surface area (Å²) in [6.07, 6.45) is 8.03. The van der Waals surface area contributed by atoms with Gasteiger partial charge < -0.3 is 25.5 Å². The van der Waals surface area contributed by atoms with Crippen molar-refractivity contribution in [3.05, 3.63) is 107 Å². The van der Waals surface area contributed by atoms with Gasteiger partial charge in [0.2, 0.25) is 0 Å². The van der Waals surface area contributed by atoms with Crippen LogP contribution in [0.1, 0.15) is 70.0 Å². The summed E-state index contributed by atoms with van der Waals surface area (Å²) < 4.78 is 0. The lowest BCUT2D eigenvalue weighted by Gasteiger charge is -2.29. The fourth-order valence-corrected chi connectivity index (χ4v) is 6.44. The molecule has 1 aliphatic heterocycles. The predicted molar refractivity (Wildman–Crippen MR) is 181 cm³/mol. The zero-order valence-electron chi connectivity index (χ0n) is 26.0. The topological polar surface area (TPSA) is 115 Å². The van der Waals surface area contributed by atoms with Crippen LogP contribution in [0.3, 0.4) is 0 Å². The van der Waals surface area contributed by atoms with Crippen LogP contribution < -0.4 is 20.4 Å². The molecular weight excluding hydrogens is 578 g/mol. The number of anilines is 3. The van der Waals surface area contributed by atoms with Crippen molar-refractivity contribution in [3.8, 4) is 11.3 Å². The summed E-state index contributed by atoms with van der Waals surface area (Å²) in [6, 6.07) is 24.6. The number of aliphatic carboxylic acids is 1. The summed E-state index contributed by atoms with van der Waals surface area (Å²) in [5, 5.41) is 15.5. The maximum atomic E-state index is 13.6. The van der Waals surface area contributed by atoms with Gasteiger partial charge in [-0.25, -0.2) is 0 Å². The first kappa shape index (κ1) is 30.8. The van der Waals surface area contributed by atoms with Crippen molar-refractivity contribution in [2.24, 2.45) is 0 Å². The minimum absolute atomic E-state index is 0.0448. The Labute approximate surface area is 269 Å². The van der Waals surface area contributed by atoms with E-state index in [4.69, 9.17) is 0 Å². The van der Waals surface area contributed by atoms with Gasteiger partial charge in [-0.15, -0.1) is 0 Å². The van der Waals surface area contributed by atoms with E-state index in [0.717, 1.165) is 50.9 Å². The lowest BCUT2D eigenvalue weighted by Crippen LogP contribution is -2.31. The van der Waals surface area contributed by atoms with Crippen LogP contribution in [0.2, 0.25) is 0 Å². The third-order valence-corrected chi connectivity index (χ3v) is 8.87. The van der Waals surface area contributed by atoms with Crippen molar-refractivity contribution in [2.45, 2.75) is 44.6 Å². The molecule has 1 aromatic heterocycles. The second-order valence-electron chi connectivity index (χ2n) is 12.1. The van der Waals surface area contributed by atoms with E-state index in [2.05, 4.69) is 32.7 Å². The molecule has 0 saturated carbocycles. The monoisotopic (exact) mass is 617 g/mol. The number of piperidine rings is 1. The third kappa shape index (κ3) is 7.04. The molecule has 1 saturated heterocycles. The first-order chi connectivity index (χ1) is 22.4. The predicted octanol–water partition coefficient (Wildman–Crippen LogP) is 6.32. The van der Waals surface area contributed by atoms with E-state index >= 15 is 0 Å². The molecule has 2 heterocycles. The van der Waals surface area contributed by atoms with Gasteiger partial charge in [0.1, 0.15) is 6.54 Å². The Morgan fingerprint density at radius 1 is 0.891 bits per heavy atom. The molecule has 236 valence electrons. The Kier molecular flexibility index (Phi) is 9.28. The first-order valence-corrected chi connectivity index (χ1v) is 15.9. The highest BCUT2D eigenvalue weighted by atomic mass is 16.4. The van der Waals surface area contributed by atoms with E-state index in [0.29, 0.717) is 33.8 Å². The van der Waals surface area contributed by atoms with E-state index in [1.807, 2.05) is 30.3 Å². The molecular formula is C37H39N5O4. The van der Waals surface area contributed by atoms with Gasteiger partial charge in [0.05, 0.1) is 17.4 Å². The van der Waals surface area contributed by atoms with E-state index in [1.54, 1.807) is 54.5 Å². The number of nitrogens with zero attached hydrogens (tertiary/aromatic N) is 3. The van der Waals surface area contributed by atoms with Crippen molar-refractivity contribution in [3.63, 3.8) is 0 Å². The largest absolute Gasteiger partial charge is 0.480 e. The fourth-order valence-electron chi connectivity index (χ4n) is 6.44. The molecule has 0 spiro atoms. The number of nitrogens with one attached hydrogen (secondary N) is 2. The van der Waals surface area contributed by atoms with Gasteiger partial charge in [0, 0.05) is 54.4 Å². The maximum Gasteiger partial charge on any atom is 0.323 e. The van der Waals surface area contributed by atoms with Gasteiger partial charge in [0.15, 0.2) is 0 Å². The molecule has 2 aliphatic rings. The number of amides is 2. The SMILES string of the molecule is CN(CC(=O)O)c1cccc(C(=O)Nc2ccc(N3CCCCC3)cc2-c2cc(C(=O)NC3CCCc4ccccc43)ccn2)c1. The standard InChI is InChI=1S/C37H39N5O4/c1-41(24-35(43)44)28-12-7-11-26(21-28)36(45)40-33-16-15-29(42-19-5-2-6-20-42)23-31(33)34-22-27(17-18-38-34)37(46)39-32-14-8-10-25-9-3-4-13-30(25)32/h3-4,7,9,11-13,15-18,21-23,32H,2,5-6,8,10,14,19-20,24H2,1H3,(H,39,46)(H,40,45)(H,43,44). The van der Waals surface area contributed by atoms with Crippen LogP contribution in [0.25, 0.3) is 11.3 Å². The molecule has 2 amide bonds. The molecule has 1 fully saturated rings. The van der Waals surface area contributed by atoms with Gasteiger partial charge in [0.25, 0.3) is 11.8 Å². The molecule has 0 bridgehead atoms. The first-order valence-electron chi connectivity index (χ1n) is 15.9. The Morgan fingerprint density at radius 3 is 2.52 bits per heavy atom. The van der Waals surface area contributed by atoms with Crippen LogP contribution in [0.5, 0.6) is 0 Å². The van der Waals surface area contributed by atoms with E-state index in [-0.39, 0.29) is 24.4 Å². The number of carboxylic acids is 1. The molecule has 0 radical (unpaired) electrons. The zero-order valence-corrected chi connectivity index (χ0v) is 26.0. The van der Waals surface area contributed by atoms with Crippen LogP contribution in [0.15, 0.2) is 85.1 Å². The van der Waals surface area contributed by atoms with Crippen molar-refractivity contribution in [2.75, 3.05) is 41.8 Å². The molecule has 1 atom stereocenters. The lowest BCUT2D eigenvalue weighted by atomic mass is 9.87. The number of carbonyl (C=O) groups is 3. The van der Waals surface area contributed by atoms with Crippen LogP contribution >= 0.6 is 0 Å². The number of hydrogen-bond donors (Lipinski definition) is 3. The molecule has 6 rings (SSSR count). The molecule has 4 aromatic rings. The molecule has 9 heteroatoms. The van der Waals surface area contributed by atoms with Crippen molar-refractivity contribution >= 4 is 34.8 Å². The van der Waals surface area contributed by atoms with Crippen LogP contribution in [-0.4, -0.2) is 54.6 Å². The van der Waals surface area contributed by atoms with E-state index < -0.39 is 5.97 Å². The normalized spacial score (nSPS) is 15.8. The summed E-state index contributed by atoms with van der Waals surface area (Å²) in [5.41, 5.74) is 6.89. The smallest absolute Gasteiger partial charge is 0.323 e. The number of aromatic nitrogens is 1. The van der Waals surface area contributed by atoms with Gasteiger partial charge in [-0.1, -0.05) is 30.3 Å². The molecule has 3 N–H and O–H groups in total. The number of fused-ring (bicyclic) bond motifs is 1. The number of rotatable bonds is 9. The molecule has 1 aliphatic carbocycles. The quantitative estimate of drug-likeness (QED) is 0.201. The number of likely N-dealkylation sites (N-methyl/N-ethyl adjacent to an activating group) is 1. The highest BCUT2D eigenvalue weighted by Gasteiger charge is 2.23. The summed E-state index contributed by atoms with van der Waals surface area (Å²) >= 11 is 0. The number of carbonyl (C=O) groups excluding carboxylic acids is 2. The van der Waals surface area contributed by atoms with Crippen LogP contribution in [0.4, 0.5) is 17.1 Å². The number of pyridine rings is 1. The molecule has 46 heavy (non-hydrogen) atoms. The van der Waals surface area contributed by atoms with Crippen molar-refractivity contribution < 1.29 is 19.5 Å². The Morgan fingerprint density at radius 2 is 1.70 bits per heavy atom. The second kappa shape index (κ2) is 13.9. The molecule has 3 aromatic carbocycles. The Balaban J connectivity index is 1.29. The summed E-state index contributed by atoms with van der Waals surface area (Å²) in [6.45, 7) is 1.73. The average Bonchev–Trinajstić information content (AvgIpc) is 3.09. The highest BCUT2D eigenvalue weighted by molar-refractivity contribution is 6.07. The fraction of sp³-hybridized carbons (Fsp3) is 0.297. The number of benzene rings is 3. The second-order valence-corrected chi connectivity index (χ2v) is 12.1. The summed E-state index contributed by atoms with van der Waals surface area (Å²) in [4.78, 5) is 46.9. The van der Waals surface area contributed by atoms with Crippen LogP contribution in [0, 0.1) is 0 Å². The molecule has 9 nitrogen and oxygen atoms in total. The molecule has 1 unspecified atom stereocenters. The van der Waals surface area contributed by atoms with Gasteiger partial charge in [-0.05, 0) is 98.2 Å². The van der Waals surface area contributed by atoms with Crippen molar-refractivity contribution in [1.29, 1.82) is 0 Å². The van der Waals surface area contributed by atoms with E-state index in [1.165, 1.54) is 17.5 Å². The lowest BCUT2D eigenvalue weighted by molar-refractivity contribution is -0.135. The van der Waals surface area contributed by atoms with Gasteiger partial charge in [-0.3, -0.25) is 19.4 Å². The van der Waals surface area contributed by atoms with E-state index in [9.17, 15) is 19.5 Å². The Bertz CT molecular complexity index is 1750. The number of aryl methyl sites for hydroxylation is 1. The zero-order chi connectivity index (χ0) is 32.0. The van der Waals surface area contributed by atoms with Gasteiger partial charge in [-0.2, -0.15) is 0 Å². The summed E-state index contributed by atoms with van der Waals surface area (Å²) in [5.74, 6) is -1.45. The number of carboxylic acid groups (broad SMARTS) is 1. The Hall–Kier alpha value is -5.18. The minimum atomic E-state index is -0.956. The number of hydrogen-bond acceptors (Lipinski definition) is 6. The minimum Gasteiger partial charge on any atom is -0.480 e. The average molecular weight is 618 g/mol. The third-order valence-electron chi connectivity index (χ3n) is 8.87. The van der Waals surface area contributed by atoms with Crippen LogP contribution in [-0.2, 0) is 11.2 Å². The highest BCUT2D eigenvalue weighted by Crippen LogP contribution is 2.34.